The zero-order chi connectivity index (χ0) is 11.4. The molecule has 1 aromatic rings. The van der Waals surface area contributed by atoms with Crippen molar-refractivity contribution in [1.29, 1.82) is 0 Å². The van der Waals surface area contributed by atoms with E-state index in [1.54, 1.807) is 0 Å². The Labute approximate surface area is 95.0 Å². The molecule has 1 fully saturated rings. The summed E-state index contributed by atoms with van der Waals surface area (Å²) in [5.41, 5.74) is 0.814. The van der Waals surface area contributed by atoms with Gasteiger partial charge in [0.15, 0.2) is 0 Å². The quantitative estimate of drug-likeness (QED) is 0.829. The predicted octanol–water partition coefficient (Wildman–Crippen LogP) is 2.42. The molecule has 0 bridgehead atoms. The molecule has 0 radical (unpaired) electrons. The largest absolute Gasteiger partial charge is 0.481 e. The number of rotatable bonds is 5. The Bertz CT molecular complexity index is 343. The molecule has 2 rings (SSSR count). The number of hydrogen-bond donors (Lipinski definition) is 1. The van der Waals surface area contributed by atoms with Crippen molar-refractivity contribution >= 4 is 5.97 Å². The molecular formula is C13H16O3. The highest BCUT2D eigenvalue weighted by molar-refractivity contribution is 5.76. The average Bonchev–Trinajstić information content (AvgIpc) is 2.22. The van der Waals surface area contributed by atoms with E-state index in [-0.39, 0.29) is 12.7 Å². The summed E-state index contributed by atoms with van der Waals surface area (Å²) in [6, 6.07) is 9.27. The molecule has 0 spiro atoms. The predicted molar refractivity (Wildman–Crippen MR) is 60.4 cm³/mol. The molecule has 3 heteroatoms. The van der Waals surface area contributed by atoms with Crippen molar-refractivity contribution in [3.63, 3.8) is 0 Å². The lowest BCUT2D eigenvalue weighted by Gasteiger charge is -2.27. The van der Waals surface area contributed by atoms with Gasteiger partial charge in [-0.3, -0.25) is 4.79 Å². The molecule has 1 aliphatic carbocycles. The number of carboxylic acid groups (broad SMARTS) is 1. The van der Waals surface area contributed by atoms with Crippen LogP contribution in [-0.2, 0) is 9.53 Å². The lowest BCUT2D eigenvalue weighted by molar-refractivity contribution is -0.141. The van der Waals surface area contributed by atoms with Crippen molar-refractivity contribution in [2.45, 2.75) is 31.3 Å². The van der Waals surface area contributed by atoms with Crippen molar-refractivity contribution in [2.24, 2.45) is 0 Å². The van der Waals surface area contributed by atoms with Gasteiger partial charge in [0.05, 0.1) is 12.7 Å². The van der Waals surface area contributed by atoms with Crippen LogP contribution in [0, 0.1) is 0 Å². The molecule has 1 unspecified atom stereocenters. The van der Waals surface area contributed by atoms with Crippen molar-refractivity contribution in [3.05, 3.63) is 35.9 Å². The van der Waals surface area contributed by atoms with Crippen LogP contribution < -0.4 is 0 Å². The minimum atomic E-state index is -0.814. The Morgan fingerprint density at radius 1 is 1.38 bits per heavy atom. The van der Waals surface area contributed by atoms with Crippen LogP contribution in [0.2, 0.25) is 0 Å². The van der Waals surface area contributed by atoms with Crippen LogP contribution in [0.3, 0.4) is 0 Å². The van der Waals surface area contributed by atoms with Crippen LogP contribution in [0.25, 0.3) is 0 Å². The van der Waals surface area contributed by atoms with E-state index in [0.717, 1.165) is 18.4 Å². The zero-order valence-electron chi connectivity index (χ0n) is 9.13. The molecule has 1 aliphatic rings. The van der Waals surface area contributed by atoms with Crippen LogP contribution in [0.1, 0.15) is 30.7 Å². The number of ether oxygens (including phenoxy) is 1. The smallest absolute Gasteiger partial charge is 0.313 e. The van der Waals surface area contributed by atoms with Gasteiger partial charge < -0.3 is 9.84 Å². The van der Waals surface area contributed by atoms with Crippen LogP contribution in [0.4, 0.5) is 0 Å². The fraction of sp³-hybridized carbons (Fsp3) is 0.462. The monoisotopic (exact) mass is 220 g/mol. The summed E-state index contributed by atoms with van der Waals surface area (Å²) in [5, 5.41) is 9.15. The minimum absolute atomic E-state index is 0.282. The number of carbonyl (C=O) groups is 1. The minimum Gasteiger partial charge on any atom is -0.481 e. The molecule has 86 valence electrons. The fourth-order valence-corrected chi connectivity index (χ4v) is 1.77. The third kappa shape index (κ3) is 2.61. The van der Waals surface area contributed by atoms with E-state index in [1.807, 2.05) is 30.3 Å². The molecule has 3 nitrogen and oxygen atoms in total. The second-order valence-electron chi connectivity index (χ2n) is 4.19. The maximum atomic E-state index is 11.1. The van der Waals surface area contributed by atoms with Crippen LogP contribution in [0.15, 0.2) is 30.3 Å². The Hall–Kier alpha value is -1.35. The van der Waals surface area contributed by atoms with E-state index in [0.29, 0.717) is 0 Å². The summed E-state index contributed by atoms with van der Waals surface area (Å²) in [7, 11) is 0. The summed E-state index contributed by atoms with van der Waals surface area (Å²) in [6.07, 6.45) is 3.63. The number of benzene rings is 1. The summed E-state index contributed by atoms with van der Waals surface area (Å²) in [4.78, 5) is 11.1. The number of carboxylic acids is 1. The molecule has 0 aromatic heterocycles. The Balaban J connectivity index is 1.96. The van der Waals surface area contributed by atoms with Gasteiger partial charge in [0.1, 0.15) is 5.92 Å². The lowest BCUT2D eigenvalue weighted by atomic mass is 9.95. The molecule has 0 amide bonds. The van der Waals surface area contributed by atoms with Gasteiger partial charge in [-0.1, -0.05) is 30.3 Å². The van der Waals surface area contributed by atoms with E-state index < -0.39 is 11.9 Å². The average molecular weight is 220 g/mol. The first-order valence-corrected chi connectivity index (χ1v) is 5.66. The molecule has 16 heavy (non-hydrogen) atoms. The van der Waals surface area contributed by atoms with E-state index in [1.165, 1.54) is 6.42 Å². The molecule has 0 saturated heterocycles. The van der Waals surface area contributed by atoms with Gasteiger partial charge in [0.25, 0.3) is 0 Å². The van der Waals surface area contributed by atoms with Gasteiger partial charge in [-0.05, 0) is 24.8 Å². The maximum absolute atomic E-state index is 11.1. The van der Waals surface area contributed by atoms with E-state index in [2.05, 4.69) is 0 Å². The van der Waals surface area contributed by atoms with Gasteiger partial charge in [-0.2, -0.15) is 0 Å². The second-order valence-corrected chi connectivity index (χ2v) is 4.19. The Morgan fingerprint density at radius 2 is 2.06 bits per heavy atom. The van der Waals surface area contributed by atoms with Crippen molar-refractivity contribution < 1.29 is 14.6 Å². The molecule has 1 saturated carbocycles. The van der Waals surface area contributed by atoms with Crippen molar-refractivity contribution in [1.82, 2.24) is 0 Å². The van der Waals surface area contributed by atoms with Crippen molar-refractivity contribution in [2.75, 3.05) is 6.61 Å². The third-order valence-electron chi connectivity index (χ3n) is 3.05. The molecule has 0 aliphatic heterocycles. The first-order chi connectivity index (χ1) is 7.77. The molecule has 1 N–H and O–H groups in total. The summed E-state index contributed by atoms with van der Waals surface area (Å²) in [6.45, 7) is 0.282. The normalized spacial score (nSPS) is 17.8. The zero-order valence-corrected chi connectivity index (χ0v) is 9.13. The highest BCUT2D eigenvalue weighted by atomic mass is 16.5. The second kappa shape index (κ2) is 5.12. The third-order valence-corrected chi connectivity index (χ3v) is 3.05. The fourth-order valence-electron chi connectivity index (χ4n) is 1.77. The van der Waals surface area contributed by atoms with E-state index in [9.17, 15) is 4.79 Å². The van der Waals surface area contributed by atoms with Gasteiger partial charge in [-0.25, -0.2) is 0 Å². The van der Waals surface area contributed by atoms with Crippen molar-refractivity contribution in [3.8, 4) is 0 Å². The van der Waals surface area contributed by atoms with E-state index in [4.69, 9.17) is 9.84 Å². The van der Waals surface area contributed by atoms with Gasteiger partial charge in [0, 0.05) is 0 Å². The lowest BCUT2D eigenvalue weighted by Crippen LogP contribution is -2.26. The highest BCUT2D eigenvalue weighted by Gasteiger charge is 2.24. The number of hydrogen-bond acceptors (Lipinski definition) is 2. The van der Waals surface area contributed by atoms with Gasteiger partial charge in [-0.15, -0.1) is 0 Å². The Morgan fingerprint density at radius 3 is 2.56 bits per heavy atom. The standard InChI is InChI=1S/C13H16O3/c14-13(15)12(9-16-11-7-4-8-11)10-5-2-1-3-6-10/h1-3,5-6,11-12H,4,7-9H2,(H,14,15). The van der Waals surface area contributed by atoms with Crippen LogP contribution in [0.5, 0.6) is 0 Å². The summed E-state index contributed by atoms with van der Waals surface area (Å²) < 4.78 is 5.57. The SMILES string of the molecule is O=C(O)C(COC1CCC1)c1ccccc1. The van der Waals surface area contributed by atoms with Gasteiger partial charge in [0.2, 0.25) is 0 Å². The highest BCUT2D eigenvalue weighted by Crippen LogP contribution is 2.24. The number of aliphatic carboxylic acids is 1. The molecule has 1 atom stereocenters. The topological polar surface area (TPSA) is 46.5 Å². The summed E-state index contributed by atoms with van der Waals surface area (Å²) >= 11 is 0. The first kappa shape index (κ1) is 11.1. The first-order valence-electron chi connectivity index (χ1n) is 5.66. The van der Waals surface area contributed by atoms with Crippen LogP contribution in [-0.4, -0.2) is 23.8 Å². The molecule has 0 heterocycles. The van der Waals surface area contributed by atoms with Crippen LogP contribution >= 0.6 is 0 Å². The maximum Gasteiger partial charge on any atom is 0.313 e. The van der Waals surface area contributed by atoms with E-state index >= 15 is 0 Å². The molecular weight excluding hydrogens is 204 g/mol. The molecule has 1 aromatic carbocycles. The Kier molecular flexibility index (Phi) is 3.57. The summed E-state index contributed by atoms with van der Waals surface area (Å²) in [5.74, 6) is -1.35. The van der Waals surface area contributed by atoms with Gasteiger partial charge >= 0.3 is 5.97 Å².